The van der Waals surface area contributed by atoms with E-state index in [0.717, 1.165) is 37.0 Å². The van der Waals surface area contributed by atoms with Gasteiger partial charge >= 0.3 is 0 Å². The quantitative estimate of drug-likeness (QED) is 0.892. The van der Waals surface area contributed by atoms with Gasteiger partial charge in [0.15, 0.2) is 0 Å². The Morgan fingerprint density at radius 2 is 1.39 bits per heavy atom. The summed E-state index contributed by atoms with van der Waals surface area (Å²) in [5.74, 6) is 2.28. The van der Waals surface area contributed by atoms with Crippen molar-refractivity contribution in [2.75, 3.05) is 10.6 Å². The maximum Gasteiger partial charge on any atom is 0.230 e. The summed E-state index contributed by atoms with van der Waals surface area (Å²) in [5, 5.41) is 5.92. The highest BCUT2D eigenvalue weighted by atomic mass is 16.2. The van der Waals surface area contributed by atoms with E-state index in [0.29, 0.717) is 11.4 Å². The molecule has 122 valence electrons. The fourth-order valence-corrected chi connectivity index (χ4v) is 5.53. The Hall–Kier alpha value is -1.84. The Balaban J connectivity index is 1.56. The molecule has 0 aromatic heterocycles. The lowest BCUT2D eigenvalue weighted by molar-refractivity contribution is -0.140. The van der Waals surface area contributed by atoms with E-state index in [1.807, 2.05) is 24.3 Å². The Bertz CT molecular complexity index is 617. The van der Waals surface area contributed by atoms with E-state index in [2.05, 4.69) is 10.6 Å². The molecule has 0 radical (unpaired) electrons. The molecule has 2 N–H and O–H groups in total. The second-order valence-corrected chi connectivity index (χ2v) is 7.88. The molecule has 1 aromatic rings. The first-order chi connectivity index (χ1) is 11.0. The van der Waals surface area contributed by atoms with Crippen molar-refractivity contribution < 1.29 is 9.59 Å². The molecule has 0 spiro atoms. The molecule has 1 aromatic carbocycles. The summed E-state index contributed by atoms with van der Waals surface area (Å²) in [6, 6.07) is 7.45. The lowest BCUT2D eigenvalue weighted by atomic mass is 9.49. The van der Waals surface area contributed by atoms with Gasteiger partial charge in [-0.1, -0.05) is 12.1 Å². The minimum absolute atomic E-state index is 0.124. The van der Waals surface area contributed by atoms with Crippen molar-refractivity contribution in [2.45, 2.75) is 45.4 Å². The molecule has 4 saturated carbocycles. The summed E-state index contributed by atoms with van der Waals surface area (Å²) in [7, 11) is 0. The number of rotatable bonds is 3. The van der Waals surface area contributed by atoms with Gasteiger partial charge in [0.05, 0.1) is 16.8 Å². The van der Waals surface area contributed by atoms with E-state index >= 15 is 0 Å². The molecule has 23 heavy (non-hydrogen) atoms. The van der Waals surface area contributed by atoms with Crippen LogP contribution < -0.4 is 10.6 Å². The zero-order valence-electron chi connectivity index (χ0n) is 13.6. The molecule has 4 heteroatoms. The highest BCUT2D eigenvalue weighted by Gasteiger charge is 2.54. The lowest BCUT2D eigenvalue weighted by Gasteiger charge is -2.55. The maximum absolute atomic E-state index is 13.1. The van der Waals surface area contributed by atoms with E-state index in [9.17, 15) is 9.59 Å². The van der Waals surface area contributed by atoms with Crippen LogP contribution in [0.4, 0.5) is 11.4 Å². The predicted molar refractivity (Wildman–Crippen MR) is 90.0 cm³/mol. The highest BCUT2D eigenvalue weighted by Crippen LogP contribution is 2.60. The largest absolute Gasteiger partial charge is 0.325 e. The number of hydrogen-bond acceptors (Lipinski definition) is 2. The number of anilines is 2. The van der Waals surface area contributed by atoms with Crippen LogP contribution in [-0.2, 0) is 9.59 Å². The van der Waals surface area contributed by atoms with Crippen LogP contribution in [0.3, 0.4) is 0 Å². The first-order valence-corrected chi connectivity index (χ1v) is 8.72. The van der Waals surface area contributed by atoms with Gasteiger partial charge in [-0.3, -0.25) is 9.59 Å². The molecule has 4 nitrogen and oxygen atoms in total. The molecule has 4 aliphatic carbocycles. The number of hydrogen-bond donors (Lipinski definition) is 2. The van der Waals surface area contributed by atoms with Crippen molar-refractivity contribution in [3.63, 3.8) is 0 Å². The van der Waals surface area contributed by atoms with Crippen molar-refractivity contribution in [1.82, 2.24) is 0 Å². The van der Waals surface area contributed by atoms with Gasteiger partial charge in [-0.2, -0.15) is 0 Å². The van der Waals surface area contributed by atoms with Gasteiger partial charge in [0.25, 0.3) is 0 Å². The highest BCUT2D eigenvalue weighted by molar-refractivity contribution is 6.01. The fourth-order valence-electron chi connectivity index (χ4n) is 5.53. The second-order valence-electron chi connectivity index (χ2n) is 7.88. The van der Waals surface area contributed by atoms with Crippen LogP contribution in [0.1, 0.15) is 45.4 Å². The topological polar surface area (TPSA) is 58.2 Å². The van der Waals surface area contributed by atoms with Crippen molar-refractivity contribution in [2.24, 2.45) is 23.2 Å². The van der Waals surface area contributed by atoms with Crippen molar-refractivity contribution in [3.8, 4) is 0 Å². The van der Waals surface area contributed by atoms with Crippen molar-refractivity contribution in [3.05, 3.63) is 24.3 Å². The molecule has 4 fully saturated rings. The van der Waals surface area contributed by atoms with E-state index in [-0.39, 0.29) is 17.2 Å². The third-order valence-corrected chi connectivity index (χ3v) is 6.01. The van der Waals surface area contributed by atoms with Crippen LogP contribution in [0.15, 0.2) is 24.3 Å². The van der Waals surface area contributed by atoms with Crippen LogP contribution in [0, 0.1) is 23.2 Å². The number of nitrogens with one attached hydrogen (secondary N) is 2. The van der Waals surface area contributed by atoms with Gasteiger partial charge in [0, 0.05) is 6.92 Å². The lowest BCUT2D eigenvalue weighted by Crippen LogP contribution is -2.51. The average Bonchev–Trinajstić information content (AvgIpc) is 2.47. The molecule has 4 aliphatic rings. The predicted octanol–water partition coefficient (Wildman–Crippen LogP) is 3.80. The summed E-state index contributed by atoms with van der Waals surface area (Å²) in [5.41, 5.74) is 1.22. The van der Waals surface area contributed by atoms with Gasteiger partial charge in [0.2, 0.25) is 11.8 Å². The zero-order chi connectivity index (χ0) is 16.0. The number of carbonyl (C=O) groups is 2. The summed E-state index contributed by atoms with van der Waals surface area (Å²) in [6.07, 6.45) is 7.13. The number of carbonyl (C=O) groups excluding carboxylic acids is 2. The van der Waals surface area contributed by atoms with E-state index in [1.54, 1.807) is 0 Å². The van der Waals surface area contributed by atoms with Crippen molar-refractivity contribution >= 4 is 23.2 Å². The Morgan fingerprint density at radius 1 is 0.913 bits per heavy atom. The summed E-state index contributed by atoms with van der Waals surface area (Å²) >= 11 is 0. The number of amides is 2. The number of benzene rings is 1. The first kappa shape index (κ1) is 14.7. The molecule has 0 unspecified atom stereocenters. The van der Waals surface area contributed by atoms with Crippen molar-refractivity contribution in [1.29, 1.82) is 0 Å². The average molecular weight is 312 g/mol. The third-order valence-electron chi connectivity index (χ3n) is 6.01. The van der Waals surface area contributed by atoms with E-state index in [4.69, 9.17) is 0 Å². The molecular weight excluding hydrogens is 288 g/mol. The van der Waals surface area contributed by atoms with Gasteiger partial charge < -0.3 is 10.6 Å². The molecule has 0 aliphatic heterocycles. The fraction of sp³-hybridized carbons (Fsp3) is 0.579. The standard InChI is InChI=1S/C19H24N2O2/c1-12(22)20-16-4-2-3-5-17(16)21-18(23)19-9-13-6-14(10-19)8-15(7-13)11-19/h2-5,13-15H,6-11H2,1H3,(H,20,22)(H,21,23). The summed E-state index contributed by atoms with van der Waals surface area (Å²) < 4.78 is 0. The van der Waals surface area contributed by atoms with Crippen LogP contribution in [0.25, 0.3) is 0 Å². The van der Waals surface area contributed by atoms with Gasteiger partial charge in [0.1, 0.15) is 0 Å². The molecule has 4 bridgehead atoms. The number of para-hydroxylation sites is 2. The van der Waals surface area contributed by atoms with Crippen LogP contribution >= 0.6 is 0 Å². The third kappa shape index (κ3) is 2.64. The van der Waals surface area contributed by atoms with Gasteiger partial charge in [-0.15, -0.1) is 0 Å². The second kappa shape index (κ2) is 5.36. The molecule has 0 saturated heterocycles. The molecule has 2 amide bonds. The normalized spacial score (nSPS) is 34.2. The molecule has 0 heterocycles. The van der Waals surface area contributed by atoms with Gasteiger partial charge in [-0.05, 0) is 68.4 Å². The van der Waals surface area contributed by atoms with Crippen LogP contribution in [0.5, 0.6) is 0 Å². The van der Waals surface area contributed by atoms with E-state index < -0.39 is 0 Å². The SMILES string of the molecule is CC(=O)Nc1ccccc1NC(=O)C12CC3CC(CC(C3)C1)C2. The molecular formula is C19H24N2O2. The van der Waals surface area contributed by atoms with Crippen LogP contribution in [-0.4, -0.2) is 11.8 Å². The summed E-state index contributed by atoms with van der Waals surface area (Å²) in [6.45, 7) is 1.48. The van der Waals surface area contributed by atoms with Crippen LogP contribution in [0.2, 0.25) is 0 Å². The minimum Gasteiger partial charge on any atom is -0.325 e. The monoisotopic (exact) mass is 312 g/mol. The minimum atomic E-state index is -0.169. The Labute approximate surface area is 137 Å². The maximum atomic E-state index is 13.1. The zero-order valence-corrected chi connectivity index (χ0v) is 13.6. The molecule has 0 atom stereocenters. The summed E-state index contributed by atoms with van der Waals surface area (Å²) in [4.78, 5) is 24.4. The van der Waals surface area contributed by atoms with Gasteiger partial charge in [-0.25, -0.2) is 0 Å². The Kier molecular flexibility index (Phi) is 3.43. The Morgan fingerprint density at radius 3 is 1.87 bits per heavy atom. The smallest absolute Gasteiger partial charge is 0.230 e. The molecule has 5 rings (SSSR count). The first-order valence-electron chi connectivity index (χ1n) is 8.72. The van der Waals surface area contributed by atoms with E-state index in [1.165, 1.54) is 26.2 Å².